The van der Waals surface area contributed by atoms with E-state index in [0.717, 1.165) is 5.69 Å². The molecule has 0 aliphatic carbocycles. The molecule has 0 unspecified atom stereocenters. The highest BCUT2D eigenvalue weighted by atomic mass is 35.5. The molecule has 1 heterocycles. The van der Waals surface area contributed by atoms with Gasteiger partial charge in [-0.2, -0.15) is 0 Å². The topological polar surface area (TPSA) is 80.3 Å². The van der Waals surface area contributed by atoms with Crippen molar-refractivity contribution in [2.75, 3.05) is 17.7 Å². The molecule has 2 N–H and O–H groups in total. The molecule has 28 heavy (non-hydrogen) atoms. The Bertz CT molecular complexity index is 1020. The third-order valence-electron chi connectivity index (χ3n) is 3.98. The van der Waals surface area contributed by atoms with Crippen molar-refractivity contribution in [1.29, 1.82) is 0 Å². The molecular weight excluding hydrogens is 378 g/mol. The summed E-state index contributed by atoms with van der Waals surface area (Å²) >= 11 is 6.14. The highest BCUT2D eigenvalue weighted by molar-refractivity contribution is 6.32. The van der Waals surface area contributed by atoms with Crippen LogP contribution in [0, 0.1) is 0 Å². The minimum Gasteiger partial charge on any atom is -0.495 e. The Balaban J connectivity index is 1.72. The number of Topliss-reactive ketones (excluding diaryl/α,β-unsaturated/α-hetero) is 1. The summed E-state index contributed by atoms with van der Waals surface area (Å²) in [6.07, 6.45) is 1.54. The number of ketones is 1. The van der Waals surface area contributed by atoms with Crippen LogP contribution in [-0.2, 0) is 0 Å². The molecule has 6 nitrogen and oxygen atoms in total. The Morgan fingerprint density at radius 1 is 0.964 bits per heavy atom. The number of methoxy groups -OCH3 is 1. The van der Waals surface area contributed by atoms with Crippen LogP contribution in [0.15, 0.2) is 60.8 Å². The van der Waals surface area contributed by atoms with E-state index in [-0.39, 0.29) is 17.4 Å². The lowest BCUT2D eigenvalue weighted by atomic mass is 10.1. The number of nitrogens with zero attached hydrogens (tertiary/aromatic N) is 1. The highest BCUT2D eigenvalue weighted by Crippen LogP contribution is 2.28. The van der Waals surface area contributed by atoms with Crippen molar-refractivity contribution in [3.63, 3.8) is 0 Å². The molecule has 142 valence electrons. The van der Waals surface area contributed by atoms with Gasteiger partial charge in [-0.15, -0.1) is 0 Å². The second-order valence-electron chi connectivity index (χ2n) is 5.99. The van der Waals surface area contributed by atoms with Crippen LogP contribution in [0.2, 0.25) is 5.02 Å². The van der Waals surface area contributed by atoms with Gasteiger partial charge in [-0.05, 0) is 61.5 Å². The van der Waals surface area contributed by atoms with Gasteiger partial charge in [-0.3, -0.25) is 14.6 Å². The van der Waals surface area contributed by atoms with Crippen LogP contribution in [0.5, 0.6) is 5.75 Å². The fraction of sp³-hybridized carbons (Fsp3) is 0.0952. The van der Waals surface area contributed by atoms with Gasteiger partial charge >= 0.3 is 0 Å². The summed E-state index contributed by atoms with van der Waals surface area (Å²) in [5.74, 6) is 0.196. The van der Waals surface area contributed by atoms with Gasteiger partial charge in [-0.1, -0.05) is 11.6 Å². The van der Waals surface area contributed by atoms with Gasteiger partial charge < -0.3 is 15.4 Å². The molecule has 2 aromatic carbocycles. The van der Waals surface area contributed by atoms with Crippen molar-refractivity contribution >= 4 is 40.4 Å². The number of aromatic nitrogens is 1. The average molecular weight is 396 g/mol. The second kappa shape index (κ2) is 8.54. The zero-order chi connectivity index (χ0) is 20.1. The summed E-state index contributed by atoms with van der Waals surface area (Å²) in [4.78, 5) is 27.9. The first kappa shape index (κ1) is 19.4. The summed E-state index contributed by atoms with van der Waals surface area (Å²) in [7, 11) is 1.55. The van der Waals surface area contributed by atoms with E-state index in [1.165, 1.54) is 6.92 Å². The van der Waals surface area contributed by atoms with Crippen molar-refractivity contribution < 1.29 is 14.3 Å². The van der Waals surface area contributed by atoms with Gasteiger partial charge in [0.2, 0.25) is 0 Å². The van der Waals surface area contributed by atoms with E-state index in [9.17, 15) is 9.59 Å². The van der Waals surface area contributed by atoms with Crippen molar-refractivity contribution in [2.24, 2.45) is 0 Å². The van der Waals surface area contributed by atoms with E-state index in [2.05, 4.69) is 15.6 Å². The molecule has 7 heteroatoms. The van der Waals surface area contributed by atoms with Gasteiger partial charge in [0, 0.05) is 28.8 Å². The van der Waals surface area contributed by atoms with E-state index in [4.69, 9.17) is 16.3 Å². The molecule has 0 bridgehead atoms. The lowest BCUT2D eigenvalue weighted by molar-refractivity contribution is 0.101. The number of hydrogen-bond donors (Lipinski definition) is 2. The Morgan fingerprint density at radius 3 is 2.29 bits per heavy atom. The van der Waals surface area contributed by atoms with Gasteiger partial charge in [0.25, 0.3) is 5.91 Å². The SMILES string of the molecule is COc1ccc(Nc2ccnc(C(=O)Nc3ccc(C(C)=O)cc3)c2)cc1Cl. The van der Waals surface area contributed by atoms with Crippen LogP contribution in [0.3, 0.4) is 0 Å². The maximum atomic E-state index is 12.5. The normalized spacial score (nSPS) is 10.2. The van der Waals surface area contributed by atoms with Crippen LogP contribution in [0.25, 0.3) is 0 Å². The molecule has 3 rings (SSSR count). The molecule has 0 radical (unpaired) electrons. The molecule has 0 saturated heterocycles. The summed E-state index contributed by atoms with van der Waals surface area (Å²) in [6.45, 7) is 1.49. The molecule has 1 amide bonds. The number of ether oxygens (including phenoxy) is 1. The number of carbonyl (C=O) groups excluding carboxylic acids is 2. The maximum Gasteiger partial charge on any atom is 0.274 e. The largest absolute Gasteiger partial charge is 0.495 e. The number of nitrogens with one attached hydrogen (secondary N) is 2. The zero-order valence-corrected chi connectivity index (χ0v) is 16.1. The molecule has 3 aromatic rings. The fourth-order valence-corrected chi connectivity index (χ4v) is 2.78. The van der Waals surface area contributed by atoms with Crippen LogP contribution < -0.4 is 15.4 Å². The minimum absolute atomic E-state index is 0.0306. The molecule has 0 saturated carbocycles. The predicted octanol–water partition coefficient (Wildman–Crippen LogP) is 4.94. The monoisotopic (exact) mass is 395 g/mol. The molecule has 0 atom stereocenters. The van der Waals surface area contributed by atoms with Crippen molar-refractivity contribution in [1.82, 2.24) is 4.98 Å². The van der Waals surface area contributed by atoms with E-state index >= 15 is 0 Å². The van der Waals surface area contributed by atoms with E-state index in [1.54, 1.807) is 61.8 Å². The number of rotatable bonds is 6. The lowest BCUT2D eigenvalue weighted by Gasteiger charge is -2.10. The summed E-state index contributed by atoms with van der Waals surface area (Å²) < 4.78 is 5.14. The van der Waals surface area contributed by atoms with Crippen LogP contribution >= 0.6 is 11.6 Å². The standard InChI is InChI=1S/C21H18ClN3O3/c1-13(26)14-3-5-15(6-4-14)25-21(27)19-12-17(9-10-23-19)24-16-7-8-20(28-2)18(22)11-16/h3-12H,1-2H3,(H,23,24)(H,25,27). The molecular formula is C21H18ClN3O3. The van der Waals surface area contributed by atoms with Crippen LogP contribution in [0.1, 0.15) is 27.8 Å². The van der Waals surface area contributed by atoms with Gasteiger partial charge in [0.05, 0.1) is 12.1 Å². The van der Waals surface area contributed by atoms with E-state index < -0.39 is 0 Å². The molecule has 1 aromatic heterocycles. The summed E-state index contributed by atoms with van der Waals surface area (Å²) in [5, 5.41) is 6.42. The van der Waals surface area contributed by atoms with E-state index in [1.807, 2.05) is 6.07 Å². The number of anilines is 3. The first-order valence-corrected chi connectivity index (χ1v) is 8.83. The maximum absolute atomic E-state index is 12.5. The van der Waals surface area contributed by atoms with Crippen LogP contribution in [-0.4, -0.2) is 23.8 Å². The summed E-state index contributed by atoms with van der Waals surface area (Å²) in [6, 6.07) is 15.4. The molecule has 0 aliphatic heterocycles. The summed E-state index contributed by atoms with van der Waals surface area (Å²) in [5.41, 5.74) is 2.86. The highest BCUT2D eigenvalue weighted by Gasteiger charge is 2.10. The Kier molecular flexibility index (Phi) is 5.91. The number of benzene rings is 2. The Morgan fingerprint density at radius 2 is 1.64 bits per heavy atom. The Hall–Kier alpha value is -3.38. The van der Waals surface area contributed by atoms with E-state index in [0.29, 0.717) is 27.7 Å². The number of halogens is 1. The smallest absolute Gasteiger partial charge is 0.274 e. The first-order valence-electron chi connectivity index (χ1n) is 8.45. The first-order chi connectivity index (χ1) is 13.5. The van der Waals surface area contributed by atoms with Crippen molar-refractivity contribution in [3.8, 4) is 5.75 Å². The van der Waals surface area contributed by atoms with Gasteiger partial charge in [0.1, 0.15) is 11.4 Å². The zero-order valence-electron chi connectivity index (χ0n) is 15.3. The number of pyridine rings is 1. The third-order valence-corrected chi connectivity index (χ3v) is 4.28. The minimum atomic E-state index is -0.355. The fourth-order valence-electron chi connectivity index (χ4n) is 2.53. The van der Waals surface area contributed by atoms with Crippen LogP contribution in [0.4, 0.5) is 17.1 Å². The van der Waals surface area contributed by atoms with Crippen molar-refractivity contribution in [2.45, 2.75) is 6.92 Å². The number of amides is 1. The Labute approximate surface area is 167 Å². The quantitative estimate of drug-likeness (QED) is 0.577. The average Bonchev–Trinajstić information content (AvgIpc) is 2.69. The number of hydrogen-bond acceptors (Lipinski definition) is 5. The van der Waals surface area contributed by atoms with Gasteiger partial charge in [0.15, 0.2) is 5.78 Å². The molecule has 0 spiro atoms. The molecule has 0 fully saturated rings. The number of carbonyl (C=O) groups is 2. The molecule has 0 aliphatic rings. The predicted molar refractivity (Wildman–Crippen MR) is 110 cm³/mol. The lowest BCUT2D eigenvalue weighted by Crippen LogP contribution is -2.14. The third kappa shape index (κ3) is 4.66. The van der Waals surface area contributed by atoms with Crippen molar-refractivity contribution in [3.05, 3.63) is 77.1 Å². The second-order valence-corrected chi connectivity index (χ2v) is 6.40. The van der Waals surface area contributed by atoms with Gasteiger partial charge in [-0.25, -0.2) is 0 Å².